The van der Waals surface area contributed by atoms with Gasteiger partial charge in [-0.1, -0.05) is 13.8 Å². The van der Waals surface area contributed by atoms with Crippen LogP contribution < -0.4 is 5.32 Å². The second kappa shape index (κ2) is 6.44. The Kier molecular flexibility index (Phi) is 5.22. The highest BCUT2D eigenvalue weighted by atomic mass is 19.1. The van der Waals surface area contributed by atoms with Crippen molar-refractivity contribution in [2.24, 2.45) is 0 Å². The van der Waals surface area contributed by atoms with Crippen LogP contribution in [-0.2, 0) is 11.3 Å². The summed E-state index contributed by atoms with van der Waals surface area (Å²) in [4.78, 5) is 13.1. The molecule has 0 aliphatic heterocycles. The molecule has 0 atom stereocenters. The van der Waals surface area contributed by atoms with Crippen molar-refractivity contribution in [3.63, 3.8) is 0 Å². The first-order valence-corrected chi connectivity index (χ1v) is 5.81. The van der Waals surface area contributed by atoms with Gasteiger partial charge >= 0.3 is 0 Å². The smallest absolute Gasteiger partial charge is 0.236 e. The van der Waals surface area contributed by atoms with Crippen molar-refractivity contribution in [2.75, 3.05) is 13.6 Å². The summed E-state index contributed by atoms with van der Waals surface area (Å²) in [5, 5.41) is 2.98. The summed E-state index contributed by atoms with van der Waals surface area (Å²) >= 11 is 0. The molecule has 0 unspecified atom stereocenters. The quantitative estimate of drug-likeness (QED) is 0.873. The van der Waals surface area contributed by atoms with Crippen molar-refractivity contribution < 1.29 is 13.6 Å². The maximum atomic E-state index is 13.4. The summed E-state index contributed by atoms with van der Waals surface area (Å²) in [6.45, 7) is 4.10. The zero-order valence-electron chi connectivity index (χ0n) is 10.8. The molecule has 5 heteroatoms. The van der Waals surface area contributed by atoms with Crippen molar-refractivity contribution in [3.8, 4) is 0 Å². The summed E-state index contributed by atoms with van der Waals surface area (Å²) in [6.07, 6.45) is 0. The van der Waals surface area contributed by atoms with E-state index >= 15 is 0 Å². The Morgan fingerprint density at radius 2 is 2.06 bits per heavy atom. The Labute approximate surface area is 106 Å². The number of benzene rings is 1. The number of hydrogen-bond donors (Lipinski definition) is 1. The molecule has 0 bridgehead atoms. The van der Waals surface area contributed by atoms with Gasteiger partial charge in [0.1, 0.15) is 11.6 Å². The summed E-state index contributed by atoms with van der Waals surface area (Å²) in [7, 11) is 1.56. The van der Waals surface area contributed by atoms with Gasteiger partial charge in [0.15, 0.2) is 0 Å². The van der Waals surface area contributed by atoms with Gasteiger partial charge in [-0.3, -0.25) is 4.79 Å². The summed E-state index contributed by atoms with van der Waals surface area (Å²) < 4.78 is 26.4. The second-order valence-electron chi connectivity index (χ2n) is 4.52. The molecule has 1 aromatic carbocycles. The highest BCUT2D eigenvalue weighted by Gasteiger charge is 2.12. The first-order chi connectivity index (χ1) is 8.40. The highest BCUT2D eigenvalue weighted by molar-refractivity contribution is 5.78. The first kappa shape index (κ1) is 14.6. The van der Waals surface area contributed by atoms with Crippen LogP contribution in [0.5, 0.6) is 0 Å². The third kappa shape index (κ3) is 4.41. The van der Waals surface area contributed by atoms with Crippen LogP contribution >= 0.6 is 0 Å². The third-order valence-corrected chi connectivity index (χ3v) is 2.50. The molecule has 1 rings (SSSR count). The van der Waals surface area contributed by atoms with E-state index < -0.39 is 11.6 Å². The zero-order chi connectivity index (χ0) is 13.7. The fourth-order valence-electron chi connectivity index (χ4n) is 1.43. The Morgan fingerprint density at radius 3 is 2.67 bits per heavy atom. The molecule has 0 radical (unpaired) electrons. The Bertz CT molecular complexity index is 421. The second-order valence-corrected chi connectivity index (χ2v) is 4.52. The molecule has 0 saturated heterocycles. The lowest BCUT2D eigenvalue weighted by Crippen LogP contribution is -2.37. The largest absolute Gasteiger partial charge is 0.340 e. The maximum Gasteiger partial charge on any atom is 0.236 e. The van der Waals surface area contributed by atoms with Crippen LogP contribution in [0.25, 0.3) is 0 Å². The number of amides is 1. The number of rotatable bonds is 5. The van der Waals surface area contributed by atoms with E-state index in [0.29, 0.717) is 0 Å². The van der Waals surface area contributed by atoms with Crippen molar-refractivity contribution in [2.45, 2.75) is 26.4 Å². The molecule has 0 aromatic heterocycles. The van der Waals surface area contributed by atoms with E-state index in [4.69, 9.17) is 0 Å². The summed E-state index contributed by atoms with van der Waals surface area (Å²) in [5.41, 5.74) is 0.176. The minimum atomic E-state index is -0.507. The van der Waals surface area contributed by atoms with E-state index in [9.17, 15) is 13.6 Å². The van der Waals surface area contributed by atoms with E-state index in [1.807, 2.05) is 13.8 Å². The molecule has 0 aliphatic carbocycles. The van der Waals surface area contributed by atoms with Crippen LogP contribution in [0.3, 0.4) is 0 Å². The van der Waals surface area contributed by atoms with Crippen molar-refractivity contribution in [1.82, 2.24) is 10.2 Å². The molecule has 3 nitrogen and oxygen atoms in total. The van der Waals surface area contributed by atoms with E-state index in [2.05, 4.69) is 5.32 Å². The molecule has 0 aliphatic rings. The van der Waals surface area contributed by atoms with Gasteiger partial charge < -0.3 is 10.2 Å². The fourth-order valence-corrected chi connectivity index (χ4v) is 1.43. The molecular weight excluding hydrogens is 238 g/mol. The van der Waals surface area contributed by atoms with E-state index in [1.165, 1.54) is 4.90 Å². The number of nitrogens with one attached hydrogen (secondary N) is 1. The van der Waals surface area contributed by atoms with Crippen LogP contribution in [0.4, 0.5) is 8.78 Å². The maximum absolute atomic E-state index is 13.4. The van der Waals surface area contributed by atoms with Crippen LogP contribution in [-0.4, -0.2) is 30.4 Å². The lowest BCUT2D eigenvalue weighted by atomic mass is 10.2. The Morgan fingerprint density at radius 1 is 1.39 bits per heavy atom. The lowest BCUT2D eigenvalue weighted by Gasteiger charge is -2.19. The van der Waals surface area contributed by atoms with E-state index in [0.717, 1.165) is 18.2 Å². The predicted molar refractivity (Wildman–Crippen MR) is 66.0 cm³/mol. The SMILES string of the molecule is CC(C)NCC(=O)N(C)Cc1cc(F)ccc1F. The first-order valence-electron chi connectivity index (χ1n) is 5.81. The Hall–Kier alpha value is -1.49. The average molecular weight is 256 g/mol. The summed E-state index contributed by atoms with van der Waals surface area (Å²) in [5.74, 6) is -1.17. The molecule has 0 fully saturated rings. The Balaban J connectivity index is 2.60. The molecular formula is C13H18F2N2O. The normalized spacial score (nSPS) is 10.8. The summed E-state index contributed by atoms with van der Waals surface area (Å²) in [6, 6.07) is 3.43. The van der Waals surface area contributed by atoms with Crippen molar-refractivity contribution >= 4 is 5.91 Å². The number of carbonyl (C=O) groups is 1. The van der Waals surface area contributed by atoms with Crippen molar-refractivity contribution in [3.05, 3.63) is 35.4 Å². The van der Waals surface area contributed by atoms with Gasteiger partial charge in [-0.05, 0) is 18.2 Å². The van der Waals surface area contributed by atoms with Crippen LogP contribution in [0, 0.1) is 11.6 Å². The van der Waals surface area contributed by atoms with Gasteiger partial charge in [-0.25, -0.2) is 8.78 Å². The molecule has 1 amide bonds. The highest BCUT2D eigenvalue weighted by Crippen LogP contribution is 2.11. The molecule has 0 saturated carbocycles. The number of hydrogen-bond acceptors (Lipinski definition) is 2. The van der Waals surface area contributed by atoms with E-state index in [1.54, 1.807) is 7.05 Å². The van der Waals surface area contributed by atoms with Crippen LogP contribution in [0.2, 0.25) is 0 Å². The van der Waals surface area contributed by atoms with Crippen molar-refractivity contribution in [1.29, 1.82) is 0 Å². The number of likely N-dealkylation sites (N-methyl/N-ethyl adjacent to an activating group) is 1. The fraction of sp³-hybridized carbons (Fsp3) is 0.462. The lowest BCUT2D eigenvalue weighted by molar-refractivity contribution is -0.129. The molecule has 100 valence electrons. The van der Waals surface area contributed by atoms with E-state index in [-0.39, 0.29) is 30.6 Å². The van der Waals surface area contributed by atoms with Gasteiger partial charge in [0.25, 0.3) is 0 Å². The van der Waals surface area contributed by atoms with Crippen LogP contribution in [0.15, 0.2) is 18.2 Å². The molecule has 18 heavy (non-hydrogen) atoms. The standard InChI is InChI=1S/C13H18F2N2O/c1-9(2)16-7-13(18)17(3)8-10-6-11(14)4-5-12(10)15/h4-6,9,16H,7-8H2,1-3H3. The third-order valence-electron chi connectivity index (χ3n) is 2.50. The van der Waals surface area contributed by atoms with Gasteiger partial charge in [0.2, 0.25) is 5.91 Å². The predicted octanol–water partition coefficient (Wildman–Crippen LogP) is 1.92. The molecule has 1 aromatic rings. The molecule has 0 heterocycles. The number of halogens is 2. The topological polar surface area (TPSA) is 32.3 Å². The minimum Gasteiger partial charge on any atom is -0.340 e. The van der Waals surface area contributed by atoms with Gasteiger partial charge in [0.05, 0.1) is 6.54 Å². The average Bonchev–Trinajstić information content (AvgIpc) is 2.30. The van der Waals surface area contributed by atoms with Gasteiger partial charge in [-0.2, -0.15) is 0 Å². The monoisotopic (exact) mass is 256 g/mol. The number of nitrogens with zero attached hydrogens (tertiary/aromatic N) is 1. The molecule has 1 N–H and O–H groups in total. The number of carbonyl (C=O) groups excluding carboxylic acids is 1. The van der Waals surface area contributed by atoms with Crippen LogP contribution in [0.1, 0.15) is 19.4 Å². The molecule has 0 spiro atoms. The minimum absolute atomic E-state index is 0.0577. The van der Waals surface area contributed by atoms with Gasteiger partial charge in [-0.15, -0.1) is 0 Å². The van der Waals surface area contributed by atoms with Gasteiger partial charge in [0, 0.05) is 25.2 Å². The zero-order valence-corrected chi connectivity index (χ0v) is 10.8.